The van der Waals surface area contributed by atoms with E-state index in [-0.39, 0.29) is 24.0 Å². The molecule has 0 spiro atoms. The van der Waals surface area contributed by atoms with Crippen LogP contribution < -0.4 is 11.1 Å². The Morgan fingerprint density at radius 1 is 1.50 bits per heavy atom. The molecule has 0 unspecified atom stereocenters. The summed E-state index contributed by atoms with van der Waals surface area (Å²) in [6.45, 7) is 7.63. The summed E-state index contributed by atoms with van der Waals surface area (Å²) in [5.74, 6) is 0.516. The van der Waals surface area contributed by atoms with Gasteiger partial charge in [-0.05, 0) is 20.8 Å². The predicted octanol–water partition coefficient (Wildman–Crippen LogP) is 1.84. The van der Waals surface area contributed by atoms with E-state index in [1.54, 1.807) is 11.3 Å². The zero-order valence-corrected chi connectivity index (χ0v) is 13.1. The van der Waals surface area contributed by atoms with Crippen molar-refractivity contribution in [1.29, 1.82) is 0 Å². The molecule has 0 aliphatic heterocycles. The summed E-state index contributed by atoms with van der Waals surface area (Å²) in [5.41, 5.74) is 6.73. The number of thiazole rings is 1. The predicted molar refractivity (Wildman–Crippen MR) is 80.9 cm³/mol. The number of aliphatic imine (C=N–C) groups is 1. The highest BCUT2D eigenvalue weighted by molar-refractivity contribution is 14.0. The van der Waals surface area contributed by atoms with Crippen molar-refractivity contribution in [1.82, 2.24) is 10.3 Å². The first-order valence-corrected chi connectivity index (χ1v) is 5.91. The molecular formula is C10H19IN4S. The summed E-state index contributed by atoms with van der Waals surface area (Å²) in [5, 5.41) is 4.10. The summed E-state index contributed by atoms with van der Waals surface area (Å²) in [6, 6.07) is 0. The van der Waals surface area contributed by atoms with E-state index >= 15 is 0 Å². The number of nitrogens with one attached hydrogen (secondary N) is 1. The van der Waals surface area contributed by atoms with Crippen molar-refractivity contribution < 1.29 is 0 Å². The molecule has 0 amide bonds. The zero-order chi connectivity index (χ0) is 11.3. The third-order valence-electron chi connectivity index (χ3n) is 2.04. The Kier molecular flexibility index (Phi) is 7.65. The standard InChI is InChI=1S/C10H18N4S.HI/c1-4-12-10(11)13-6-5-9-14-7(2)8(3)15-9;/h4-6H2,1-3H3,(H3,11,12,13);1H. The minimum atomic E-state index is 0. The van der Waals surface area contributed by atoms with Crippen LogP contribution >= 0.6 is 35.3 Å². The van der Waals surface area contributed by atoms with E-state index in [4.69, 9.17) is 5.73 Å². The molecule has 0 radical (unpaired) electrons. The topological polar surface area (TPSA) is 63.3 Å². The summed E-state index contributed by atoms with van der Waals surface area (Å²) >= 11 is 1.74. The molecule has 0 saturated carbocycles. The van der Waals surface area contributed by atoms with Crippen molar-refractivity contribution in [2.45, 2.75) is 27.2 Å². The molecule has 3 N–H and O–H groups in total. The van der Waals surface area contributed by atoms with E-state index in [2.05, 4.69) is 22.2 Å². The molecule has 0 aromatic carbocycles. The van der Waals surface area contributed by atoms with Gasteiger partial charge in [0.15, 0.2) is 5.96 Å². The van der Waals surface area contributed by atoms with Gasteiger partial charge in [0, 0.05) is 24.4 Å². The van der Waals surface area contributed by atoms with E-state index in [0.717, 1.165) is 23.7 Å². The maximum absolute atomic E-state index is 5.61. The van der Waals surface area contributed by atoms with Gasteiger partial charge < -0.3 is 11.1 Å². The summed E-state index contributed by atoms with van der Waals surface area (Å²) in [6.07, 6.45) is 0.867. The van der Waals surface area contributed by atoms with Crippen LogP contribution in [0, 0.1) is 13.8 Å². The first-order chi connectivity index (χ1) is 7.13. The number of hydrogen-bond acceptors (Lipinski definition) is 3. The molecule has 6 heteroatoms. The van der Waals surface area contributed by atoms with Gasteiger partial charge in [-0.2, -0.15) is 0 Å². The van der Waals surface area contributed by atoms with Crippen LogP contribution in [0.25, 0.3) is 0 Å². The van der Waals surface area contributed by atoms with Crippen LogP contribution in [0.15, 0.2) is 4.99 Å². The lowest BCUT2D eigenvalue weighted by atomic mass is 10.4. The van der Waals surface area contributed by atoms with Crippen molar-refractivity contribution in [2.75, 3.05) is 13.1 Å². The average Bonchev–Trinajstić information content (AvgIpc) is 2.46. The Balaban J connectivity index is 0.00000225. The zero-order valence-electron chi connectivity index (χ0n) is 9.91. The first-order valence-electron chi connectivity index (χ1n) is 5.10. The second-order valence-corrected chi connectivity index (χ2v) is 4.58. The van der Waals surface area contributed by atoms with Gasteiger partial charge in [-0.15, -0.1) is 35.3 Å². The lowest BCUT2D eigenvalue weighted by Gasteiger charge is -2.00. The SMILES string of the molecule is CCNC(N)=NCCc1nc(C)c(C)s1.I. The lowest BCUT2D eigenvalue weighted by Crippen LogP contribution is -2.31. The molecule has 1 rings (SSSR count). The fraction of sp³-hybridized carbons (Fsp3) is 0.600. The second-order valence-electron chi connectivity index (χ2n) is 3.30. The lowest BCUT2D eigenvalue weighted by molar-refractivity contribution is 0.898. The van der Waals surface area contributed by atoms with Crippen LogP contribution in [0.3, 0.4) is 0 Å². The molecule has 1 heterocycles. The Hall–Kier alpha value is -0.370. The van der Waals surface area contributed by atoms with E-state index in [1.807, 2.05) is 13.8 Å². The van der Waals surface area contributed by atoms with E-state index in [1.165, 1.54) is 4.88 Å². The van der Waals surface area contributed by atoms with Crippen molar-refractivity contribution in [3.63, 3.8) is 0 Å². The van der Waals surface area contributed by atoms with E-state index < -0.39 is 0 Å². The molecule has 0 bridgehead atoms. The number of nitrogens with zero attached hydrogens (tertiary/aromatic N) is 2. The fourth-order valence-electron chi connectivity index (χ4n) is 1.16. The van der Waals surface area contributed by atoms with Crippen LogP contribution in [0.1, 0.15) is 22.5 Å². The van der Waals surface area contributed by atoms with E-state index in [0.29, 0.717) is 12.5 Å². The van der Waals surface area contributed by atoms with Gasteiger partial charge in [0.25, 0.3) is 0 Å². The van der Waals surface area contributed by atoms with Crippen LogP contribution in [0.5, 0.6) is 0 Å². The monoisotopic (exact) mass is 354 g/mol. The summed E-state index contributed by atoms with van der Waals surface area (Å²) < 4.78 is 0. The van der Waals surface area contributed by atoms with Crippen molar-refractivity contribution in [3.8, 4) is 0 Å². The minimum Gasteiger partial charge on any atom is -0.370 e. The number of nitrogens with two attached hydrogens (primary N) is 1. The molecule has 0 aliphatic rings. The number of hydrogen-bond donors (Lipinski definition) is 2. The molecule has 4 nitrogen and oxygen atoms in total. The maximum atomic E-state index is 5.61. The Bertz CT molecular complexity index is 329. The molecular weight excluding hydrogens is 335 g/mol. The van der Waals surface area contributed by atoms with Crippen LogP contribution in [0.2, 0.25) is 0 Å². The average molecular weight is 354 g/mol. The highest BCUT2D eigenvalue weighted by Gasteiger charge is 2.02. The van der Waals surface area contributed by atoms with Gasteiger partial charge in [0.1, 0.15) is 0 Å². The summed E-state index contributed by atoms with van der Waals surface area (Å²) in [4.78, 5) is 9.92. The normalized spacial score (nSPS) is 11.1. The van der Waals surface area contributed by atoms with Gasteiger partial charge in [-0.25, -0.2) is 4.98 Å². The van der Waals surface area contributed by atoms with E-state index in [9.17, 15) is 0 Å². The van der Waals surface area contributed by atoms with Crippen molar-refractivity contribution in [3.05, 3.63) is 15.6 Å². The third-order valence-corrected chi connectivity index (χ3v) is 3.17. The first kappa shape index (κ1) is 15.6. The van der Waals surface area contributed by atoms with Gasteiger partial charge in [0.2, 0.25) is 0 Å². The molecule has 1 aromatic heterocycles. The number of aryl methyl sites for hydroxylation is 2. The van der Waals surface area contributed by atoms with Crippen LogP contribution in [-0.2, 0) is 6.42 Å². The largest absolute Gasteiger partial charge is 0.370 e. The molecule has 0 atom stereocenters. The molecule has 92 valence electrons. The highest BCUT2D eigenvalue weighted by Crippen LogP contribution is 2.16. The molecule has 0 saturated heterocycles. The fourth-order valence-corrected chi connectivity index (χ4v) is 2.08. The Labute approximate surface area is 118 Å². The number of rotatable bonds is 4. The molecule has 0 fully saturated rings. The van der Waals surface area contributed by atoms with Crippen LogP contribution in [-0.4, -0.2) is 24.0 Å². The van der Waals surface area contributed by atoms with Crippen molar-refractivity contribution >= 4 is 41.3 Å². The number of aromatic nitrogens is 1. The number of halogens is 1. The Morgan fingerprint density at radius 2 is 2.19 bits per heavy atom. The highest BCUT2D eigenvalue weighted by atomic mass is 127. The van der Waals surface area contributed by atoms with Crippen LogP contribution in [0.4, 0.5) is 0 Å². The maximum Gasteiger partial charge on any atom is 0.188 e. The van der Waals surface area contributed by atoms with Gasteiger partial charge in [-0.3, -0.25) is 4.99 Å². The van der Waals surface area contributed by atoms with Gasteiger partial charge >= 0.3 is 0 Å². The summed E-state index contributed by atoms with van der Waals surface area (Å²) in [7, 11) is 0. The van der Waals surface area contributed by atoms with Crippen molar-refractivity contribution in [2.24, 2.45) is 10.7 Å². The van der Waals surface area contributed by atoms with Gasteiger partial charge in [-0.1, -0.05) is 0 Å². The molecule has 16 heavy (non-hydrogen) atoms. The molecule has 0 aliphatic carbocycles. The Morgan fingerprint density at radius 3 is 2.69 bits per heavy atom. The van der Waals surface area contributed by atoms with Gasteiger partial charge in [0.05, 0.1) is 10.7 Å². The second kappa shape index (κ2) is 7.83. The molecule has 1 aromatic rings. The number of guanidine groups is 1. The third kappa shape index (κ3) is 5.11. The smallest absolute Gasteiger partial charge is 0.188 e. The quantitative estimate of drug-likeness (QED) is 0.493. The minimum absolute atomic E-state index is 0.